The molecule has 6 atom stereocenters. The lowest BCUT2D eigenvalue weighted by atomic mass is 9.92. The highest BCUT2D eigenvalue weighted by Crippen LogP contribution is 2.30. The number of likely N-dealkylation sites (tertiary alicyclic amines) is 1. The van der Waals surface area contributed by atoms with Crippen molar-refractivity contribution in [3.05, 3.63) is 87.4 Å². The summed E-state index contributed by atoms with van der Waals surface area (Å²) in [6, 6.07) is 12.5. The molecule has 3 aromatic rings. The van der Waals surface area contributed by atoms with Crippen LogP contribution in [0.3, 0.4) is 0 Å². The smallest absolute Gasteiger partial charge is 0.416 e. The van der Waals surface area contributed by atoms with Crippen molar-refractivity contribution in [2.45, 2.75) is 123 Å². The van der Waals surface area contributed by atoms with Crippen molar-refractivity contribution in [2.75, 3.05) is 13.6 Å². The summed E-state index contributed by atoms with van der Waals surface area (Å²) < 4.78 is 39.4. The minimum absolute atomic E-state index is 0.0420. The molecule has 0 spiro atoms. The summed E-state index contributed by atoms with van der Waals surface area (Å²) in [6.07, 6.45) is 0.184. The fraction of sp³-hybridized carbons (Fsp3) is 0.558. The number of aromatic nitrogens is 1. The molecule has 1 saturated heterocycles. The fourth-order valence-electron chi connectivity index (χ4n) is 7.40. The number of rotatable bonds is 19. The fourth-order valence-corrected chi connectivity index (χ4v) is 8.20. The second-order valence-corrected chi connectivity index (χ2v) is 16.8. The number of carboxylic acid groups (broad SMARTS) is 1. The van der Waals surface area contributed by atoms with E-state index >= 15 is 0 Å². The van der Waals surface area contributed by atoms with Gasteiger partial charge in [-0.1, -0.05) is 89.9 Å². The topological polar surface area (TPSA) is 132 Å². The van der Waals surface area contributed by atoms with Crippen molar-refractivity contribution in [1.29, 1.82) is 0 Å². The lowest BCUT2D eigenvalue weighted by molar-refractivity contribution is -0.143. The van der Waals surface area contributed by atoms with E-state index in [1.807, 2.05) is 56.1 Å². The van der Waals surface area contributed by atoms with E-state index in [1.54, 1.807) is 5.38 Å². The highest BCUT2D eigenvalue weighted by molar-refractivity contribution is 7.09. The van der Waals surface area contributed by atoms with E-state index in [0.717, 1.165) is 43.5 Å². The molecule has 1 aliphatic heterocycles. The molecule has 1 aliphatic rings. The quantitative estimate of drug-likeness (QED) is 0.114. The van der Waals surface area contributed by atoms with Crippen LogP contribution in [-0.2, 0) is 39.9 Å². The Morgan fingerprint density at radius 3 is 2.26 bits per heavy atom. The van der Waals surface area contributed by atoms with Gasteiger partial charge in [-0.2, -0.15) is 13.2 Å². The third-order valence-corrected chi connectivity index (χ3v) is 12.0. The molecule has 2 aromatic carbocycles. The van der Waals surface area contributed by atoms with Crippen molar-refractivity contribution in [3.8, 4) is 0 Å². The molecule has 2 heterocycles. The summed E-state index contributed by atoms with van der Waals surface area (Å²) in [7, 11) is 1.95. The maximum absolute atomic E-state index is 14.8. The van der Waals surface area contributed by atoms with Crippen LogP contribution < -0.4 is 10.6 Å². The normalized spacial score (nSPS) is 17.6. The lowest BCUT2D eigenvalue weighted by Crippen LogP contribution is -2.58. The lowest BCUT2D eigenvalue weighted by Gasteiger charge is -2.39. The number of amides is 3. The number of nitrogens with zero attached hydrogens (tertiary/aromatic N) is 3. The molecule has 0 unspecified atom stereocenters. The summed E-state index contributed by atoms with van der Waals surface area (Å²) in [6.45, 7) is 10.9. The van der Waals surface area contributed by atoms with Crippen LogP contribution in [0.25, 0.3) is 0 Å². The zero-order chi connectivity index (χ0) is 41.9. The van der Waals surface area contributed by atoms with Crippen LogP contribution in [0.1, 0.15) is 105 Å². The van der Waals surface area contributed by atoms with E-state index in [2.05, 4.69) is 34.4 Å². The zero-order valence-electron chi connectivity index (χ0n) is 33.9. The number of piperidine rings is 1. The summed E-state index contributed by atoms with van der Waals surface area (Å²) in [5.74, 6) is -2.69. The average molecular weight is 814 g/mol. The van der Waals surface area contributed by atoms with Crippen molar-refractivity contribution >= 4 is 35.0 Å². The summed E-state index contributed by atoms with van der Waals surface area (Å²) >= 11 is 1.31. The Hall–Kier alpha value is -4.30. The maximum atomic E-state index is 14.8. The Morgan fingerprint density at radius 2 is 1.67 bits per heavy atom. The molecule has 3 N–H and O–H groups in total. The zero-order valence-corrected chi connectivity index (χ0v) is 34.7. The number of nitrogens with one attached hydrogen (secondary N) is 2. The molecular weight excluding hydrogens is 756 g/mol. The molecular formula is C43H58F3N5O5S. The van der Waals surface area contributed by atoms with E-state index < -0.39 is 41.6 Å². The van der Waals surface area contributed by atoms with Gasteiger partial charge in [-0.3, -0.25) is 24.1 Å². The number of aryl methyl sites for hydroxylation is 1. The van der Waals surface area contributed by atoms with Gasteiger partial charge >= 0.3 is 12.1 Å². The number of carbonyl (C=O) groups excluding carboxylic acids is 3. The van der Waals surface area contributed by atoms with Crippen molar-refractivity contribution in [1.82, 2.24) is 25.4 Å². The number of hydrogen-bond donors (Lipinski definition) is 3. The molecule has 57 heavy (non-hydrogen) atoms. The number of likely N-dealkylation sites (N-methyl/N-ethyl adjacent to an activating group) is 1. The third kappa shape index (κ3) is 13.1. The van der Waals surface area contributed by atoms with Gasteiger partial charge in [0.15, 0.2) is 0 Å². The van der Waals surface area contributed by atoms with Gasteiger partial charge in [-0.15, -0.1) is 11.3 Å². The number of carboxylic acids is 1. The molecule has 0 bridgehead atoms. The van der Waals surface area contributed by atoms with Gasteiger partial charge < -0.3 is 20.6 Å². The Bertz CT molecular complexity index is 1770. The van der Waals surface area contributed by atoms with E-state index in [1.165, 1.54) is 30.4 Å². The number of benzene rings is 2. The van der Waals surface area contributed by atoms with Gasteiger partial charge in [-0.25, -0.2) is 4.98 Å². The first kappa shape index (κ1) is 45.4. The number of alkyl halides is 3. The number of hydrogen-bond acceptors (Lipinski definition) is 7. The summed E-state index contributed by atoms with van der Waals surface area (Å²) in [5, 5.41) is 17.9. The Labute approximate surface area is 338 Å². The standard InChI is InChI=1S/C43H58F3N5O5S/c1-7-28(4)38(49-40(53)36-15-11-12-22-50(36)6)41(54)51(25-31-13-9-8-10-14-31)35(27(2)3)20-21-37-48-34(26-57-37)39(52)47-33(23-29(5)42(55)56)24-30-16-18-32(19-17-30)43(44,45)46/h8-10,13-14,16-19,26-29,33,35-36,38H,7,11-12,15,20-25H2,1-6H3,(H,47,52)(H,49,53)(H,55,56)/t28-,29-,33+,35+,36+,38-/m0/s1. The highest BCUT2D eigenvalue weighted by Gasteiger charge is 2.37. The second-order valence-electron chi connectivity index (χ2n) is 15.8. The van der Waals surface area contributed by atoms with Crippen LogP contribution in [0.2, 0.25) is 0 Å². The largest absolute Gasteiger partial charge is 0.481 e. The van der Waals surface area contributed by atoms with Gasteiger partial charge in [0, 0.05) is 30.4 Å². The molecule has 3 amide bonds. The second kappa shape index (κ2) is 20.9. The van der Waals surface area contributed by atoms with Crippen molar-refractivity contribution in [2.24, 2.45) is 17.8 Å². The molecule has 1 fully saturated rings. The molecule has 1 aromatic heterocycles. The minimum atomic E-state index is -4.49. The molecule has 4 rings (SSSR count). The third-order valence-electron chi connectivity index (χ3n) is 11.1. The highest BCUT2D eigenvalue weighted by atomic mass is 32.1. The number of thiazole rings is 1. The maximum Gasteiger partial charge on any atom is 0.416 e. The number of aliphatic carboxylic acids is 1. The van der Waals surface area contributed by atoms with E-state index in [9.17, 15) is 37.5 Å². The van der Waals surface area contributed by atoms with Gasteiger partial charge in [-0.05, 0) is 80.8 Å². The van der Waals surface area contributed by atoms with Gasteiger partial charge in [0.25, 0.3) is 5.91 Å². The van der Waals surface area contributed by atoms with Crippen LogP contribution in [0.4, 0.5) is 13.2 Å². The van der Waals surface area contributed by atoms with Gasteiger partial charge in [0.05, 0.1) is 22.5 Å². The Balaban J connectivity index is 1.52. The van der Waals surface area contributed by atoms with E-state index in [0.29, 0.717) is 36.4 Å². The van der Waals surface area contributed by atoms with Crippen LogP contribution in [0.15, 0.2) is 60.0 Å². The monoisotopic (exact) mass is 813 g/mol. The van der Waals surface area contributed by atoms with Gasteiger partial charge in [0.1, 0.15) is 11.7 Å². The Morgan fingerprint density at radius 1 is 0.982 bits per heavy atom. The van der Waals surface area contributed by atoms with Crippen molar-refractivity contribution in [3.63, 3.8) is 0 Å². The average Bonchev–Trinajstić information content (AvgIpc) is 3.65. The van der Waals surface area contributed by atoms with Crippen LogP contribution >= 0.6 is 11.3 Å². The predicted molar refractivity (Wildman–Crippen MR) is 216 cm³/mol. The molecule has 0 saturated carbocycles. The minimum Gasteiger partial charge on any atom is -0.481 e. The van der Waals surface area contributed by atoms with Crippen LogP contribution in [0, 0.1) is 17.8 Å². The summed E-state index contributed by atoms with van der Waals surface area (Å²) in [5.41, 5.74) is 0.850. The number of halogens is 3. The molecule has 0 aliphatic carbocycles. The van der Waals surface area contributed by atoms with Crippen molar-refractivity contribution < 1.29 is 37.5 Å². The predicted octanol–water partition coefficient (Wildman–Crippen LogP) is 7.62. The molecule has 10 nitrogen and oxygen atoms in total. The van der Waals surface area contributed by atoms with Crippen LogP contribution in [0.5, 0.6) is 0 Å². The molecule has 0 radical (unpaired) electrons. The summed E-state index contributed by atoms with van der Waals surface area (Å²) in [4.78, 5) is 62.2. The molecule has 312 valence electrons. The molecule has 14 heteroatoms. The first-order chi connectivity index (χ1) is 27.0. The van der Waals surface area contributed by atoms with E-state index in [4.69, 9.17) is 0 Å². The number of carbonyl (C=O) groups is 4. The van der Waals surface area contributed by atoms with Crippen LogP contribution in [-0.4, -0.2) is 81.3 Å². The Kier molecular flexibility index (Phi) is 16.7. The SMILES string of the molecule is CC[C@H](C)[C@H](NC(=O)[C@H]1CCCCN1C)C(=O)N(Cc1ccccc1)[C@H](CCc1nc(C(=O)N[C@@H](Cc2ccc(C(F)(F)F)cc2)C[C@H](C)C(=O)O)cs1)C(C)C. The first-order valence-electron chi connectivity index (χ1n) is 20.0. The van der Waals surface area contributed by atoms with E-state index in [-0.39, 0.29) is 54.3 Å². The van der Waals surface area contributed by atoms with Gasteiger partial charge in [0.2, 0.25) is 11.8 Å². The first-order valence-corrected chi connectivity index (χ1v) is 20.9.